The van der Waals surface area contributed by atoms with Gasteiger partial charge >= 0.3 is 0 Å². The molecule has 1 N–H and O–H groups in total. The summed E-state index contributed by atoms with van der Waals surface area (Å²) in [4.78, 5) is 2.57. The van der Waals surface area contributed by atoms with E-state index in [9.17, 15) is 0 Å². The van der Waals surface area contributed by atoms with E-state index in [-0.39, 0.29) is 12.4 Å². The van der Waals surface area contributed by atoms with Crippen LogP contribution < -0.4 is 5.32 Å². The molecule has 5 heteroatoms. The Morgan fingerprint density at radius 3 is 2.86 bits per heavy atom. The summed E-state index contributed by atoms with van der Waals surface area (Å²) in [5.41, 5.74) is 3.71. The molecule has 2 aromatic rings. The van der Waals surface area contributed by atoms with Crippen molar-refractivity contribution < 1.29 is 0 Å². The minimum absolute atomic E-state index is 0. The van der Waals surface area contributed by atoms with E-state index in [1.807, 2.05) is 13.2 Å². The highest BCUT2D eigenvalue weighted by Crippen LogP contribution is 2.21. The third-order valence-corrected chi connectivity index (χ3v) is 4.37. The molecule has 0 amide bonds. The fourth-order valence-corrected chi connectivity index (χ4v) is 3.25. The van der Waals surface area contributed by atoms with Crippen LogP contribution in [0.15, 0.2) is 36.5 Å². The van der Waals surface area contributed by atoms with Crippen molar-refractivity contribution in [1.29, 1.82) is 0 Å². The van der Waals surface area contributed by atoms with E-state index in [0.29, 0.717) is 6.04 Å². The number of para-hydroxylation sites is 1. The Kier molecular flexibility index (Phi) is 6.00. The first-order valence-corrected chi connectivity index (χ1v) is 7.77. The van der Waals surface area contributed by atoms with Crippen LogP contribution in [0.5, 0.6) is 0 Å². The minimum Gasteiger partial charge on any atom is -0.318 e. The third-order valence-electron chi connectivity index (χ3n) is 4.37. The van der Waals surface area contributed by atoms with E-state index < -0.39 is 0 Å². The highest BCUT2D eigenvalue weighted by Gasteiger charge is 2.24. The number of nitrogens with one attached hydrogen (secondary N) is 1. The van der Waals surface area contributed by atoms with Crippen LogP contribution in [0.25, 0.3) is 5.69 Å². The maximum Gasteiger partial charge on any atom is 0.0678 e. The maximum absolute atomic E-state index is 4.53. The van der Waals surface area contributed by atoms with Crippen molar-refractivity contribution in [2.75, 3.05) is 20.1 Å². The van der Waals surface area contributed by atoms with Crippen LogP contribution in [0.2, 0.25) is 0 Å². The zero-order chi connectivity index (χ0) is 14.7. The summed E-state index contributed by atoms with van der Waals surface area (Å²) in [5.74, 6) is 0. The zero-order valence-electron chi connectivity index (χ0n) is 13.3. The van der Waals surface area contributed by atoms with Gasteiger partial charge in [-0.2, -0.15) is 5.10 Å². The highest BCUT2D eigenvalue weighted by atomic mass is 35.5. The monoisotopic (exact) mass is 320 g/mol. The number of benzene rings is 1. The number of rotatable bonds is 5. The summed E-state index contributed by atoms with van der Waals surface area (Å²) in [6.45, 7) is 5.37. The molecular formula is C17H25ClN4. The molecular weight excluding hydrogens is 296 g/mol. The van der Waals surface area contributed by atoms with Gasteiger partial charge < -0.3 is 5.32 Å². The van der Waals surface area contributed by atoms with Crippen LogP contribution in [0.4, 0.5) is 0 Å². The Hall–Kier alpha value is -1.36. The van der Waals surface area contributed by atoms with Gasteiger partial charge in [0.15, 0.2) is 0 Å². The van der Waals surface area contributed by atoms with Crippen molar-refractivity contribution in [3.63, 3.8) is 0 Å². The molecule has 3 rings (SSSR count). The van der Waals surface area contributed by atoms with Crippen molar-refractivity contribution in [2.24, 2.45) is 0 Å². The molecule has 0 bridgehead atoms. The van der Waals surface area contributed by atoms with Crippen molar-refractivity contribution in [1.82, 2.24) is 20.0 Å². The van der Waals surface area contributed by atoms with Gasteiger partial charge in [0.25, 0.3) is 0 Å². The average Bonchev–Trinajstić information content (AvgIpc) is 3.11. The van der Waals surface area contributed by atoms with Gasteiger partial charge in [-0.25, -0.2) is 4.68 Å². The Bertz CT molecular complexity index is 596. The molecule has 1 saturated heterocycles. The quantitative estimate of drug-likeness (QED) is 0.919. The summed E-state index contributed by atoms with van der Waals surface area (Å²) in [7, 11) is 2.04. The van der Waals surface area contributed by atoms with Gasteiger partial charge in [0.1, 0.15) is 0 Å². The lowest BCUT2D eigenvalue weighted by molar-refractivity contribution is 0.237. The molecule has 1 fully saturated rings. The molecule has 1 unspecified atom stereocenters. The molecule has 1 aromatic heterocycles. The second kappa shape index (κ2) is 7.77. The van der Waals surface area contributed by atoms with Gasteiger partial charge in [0, 0.05) is 25.3 Å². The second-order valence-electron chi connectivity index (χ2n) is 5.85. The number of hydrogen-bond donors (Lipinski definition) is 1. The summed E-state index contributed by atoms with van der Waals surface area (Å²) >= 11 is 0. The summed E-state index contributed by atoms with van der Waals surface area (Å²) in [6, 6.07) is 11.2. The SMILES string of the molecule is CNCC1CCCN1Cc1ccnn1-c1ccccc1C.Cl. The molecule has 1 aliphatic rings. The van der Waals surface area contributed by atoms with E-state index in [1.54, 1.807) is 0 Å². The number of aryl methyl sites for hydroxylation is 1. The van der Waals surface area contributed by atoms with Gasteiger partial charge in [-0.05, 0) is 51.1 Å². The molecule has 2 heterocycles. The van der Waals surface area contributed by atoms with Gasteiger partial charge in [-0.3, -0.25) is 4.90 Å². The number of likely N-dealkylation sites (N-methyl/N-ethyl adjacent to an activating group) is 1. The van der Waals surface area contributed by atoms with E-state index in [1.165, 1.54) is 36.3 Å². The standard InChI is InChI=1S/C17H24N4.ClH/c1-14-6-3-4-8-17(14)21-16(9-10-19-21)13-20-11-5-7-15(20)12-18-2;/h3-4,6,8-10,15,18H,5,7,11-13H2,1-2H3;1H. The Labute approximate surface area is 138 Å². The van der Waals surface area contributed by atoms with E-state index in [2.05, 4.69) is 57.3 Å². The Morgan fingerprint density at radius 2 is 2.09 bits per heavy atom. The van der Waals surface area contributed by atoms with Crippen molar-refractivity contribution in [3.8, 4) is 5.69 Å². The lowest BCUT2D eigenvalue weighted by Gasteiger charge is -2.24. The van der Waals surface area contributed by atoms with Gasteiger partial charge in [-0.15, -0.1) is 12.4 Å². The molecule has 22 heavy (non-hydrogen) atoms. The first kappa shape index (κ1) is 17.0. The van der Waals surface area contributed by atoms with Crippen LogP contribution in [0.1, 0.15) is 24.1 Å². The van der Waals surface area contributed by atoms with E-state index in [4.69, 9.17) is 0 Å². The number of halogens is 1. The Balaban J connectivity index is 0.00000176. The number of aromatic nitrogens is 2. The smallest absolute Gasteiger partial charge is 0.0678 e. The average molecular weight is 321 g/mol. The van der Waals surface area contributed by atoms with Crippen LogP contribution in [-0.2, 0) is 6.54 Å². The number of likely N-dealkylation sites (tertiary alicyclic amines) is 1. The fraction of sp³-hybridized carbons (Fsp3) is 0.471. The minimum atomic E-state index is 0. The van der Waals surface area contributed by atoms with Crippen molar-refractivity contribution in [3.05, 3.63) is 47.8 Å². The third kappa shape index (κ3) is 3.51. The summed E-state index contributed by atoms with van der Waals surface area (Å²) in [6.07, 6.45) is 4.50. The number of nitrogens with zero attached hydrogens (tertiary/aromatic N) is 3. The predicted octanol–water partition coefficient (Wildman–Crippen LogP) is 2.79. The van der Waals surface area contributed by atoms with Gasteiger partial charge in [0.2, 0.25) is 0 Å². The van der Waals surface area contributed by atoms with Crippen molar-refractivity contribution in [2.45, 2.75) is 32.4 Å². The fourth-order valence-electron chi connectivity index (χ4n) is 3.25. The predicted molar refractivity (Wildman–Crippen MR) is 92.9 cm³/mol. The van der Waals surface area contributed by atoms with Crippen LogP contribution in [-0.4, -0.2) is 40.9 Å². The molecule has 1 atom stereocenters. The molecule has 0 aliphatic carbocycles. The summed E-state index contributed by atoms with van der Waals surface area (Å²) in [5, 5.41) is 7.85. The van der Waals surface area contributed by atoms with E-state index >= 15 is 0 Å². The van der Waals surface area contributed by atoms with Gasteiger partial charge in [0.05, 0.1) is 11.4 Å². The maximum atomic E-state index is 4.53. The Morgan fingerprint density at radius 1 is 1.27 bits per heavy atom. The van der Waals surface area contributed by atoms with Crippen LogP contribution in [0, 0.1) is 6.92 Å². The zero-order valence-corrected chi connectivity index (χ0v) is 14.1. The molecule has 0 saturated carbocycles. The van der Waals surface area contributed by atoms with E-state index in [0.717, 1.165) is 13.1 Å². The first-order chi connectivity index (χ1) is 10.3. The molecule has 120 valence electrons. The van der Waals surface area contributed by atoms with Crippen molar-refractivity contribution >= 4 is 12.4 Å². The van der Waals surface area contributed by atoms with Gasteiger partial charge in [-0.1, -0.05) is 18.2 Å². The molecule has 1 aliphatic heterocycles. The highest BCUT2D eigenvalue weighted by molar-refractivity contribution is 5.85. The number of hydrogen-bond acceptors (Lipinski definition) is 3. The lowest BCUT2D eigenvalue weighted by Crippen LogP contribution is -2.36. The molecule has 0 radical (unpaired) electrons. The second-order valence-corrected chi connectivity index (χ2v) is 5.85. The lowest BCUT2D eigenvalue weighted by atomic mass is 10.2. The molecule has 4 nitrogen and oxygen atoms in total. The largest absolute Gasteiger partial charge is 0.318 e. The normalized spacial score (nSPS) is 18.4. The molecule has 0 spiro atoms. The molecule has 1 aromatic carbocycles. The topological polar surface area (TPSA) is 33.1 Å². The van der Waals surface area contributed by atoms with Crippen LogP contribution in [0.3, 0.4) is 0 Å². The van der Waals surface area contributed by atoms with Crippen LogP contribution >= 0.6 is 12.4 Å². The first-order valence-electron chi connectivity index (χ1n) is 7.77. The summed E-state index contributed by atoms with van der Waals surface area (Å²) < 4.78 is 2.09.